The topological polar surface area (TPSA) is 40.5 Å². The van der Waals surface area contributed by atoms with Crippen LogP contribution in [0.25, 0.3) is 0 Å². The molecule has 0 bridgehead atoms. The smallest absolute Gasteiger partial charge is 0.396 e. The second-order valence-corrected chi connectivity index (χ2v) is 3.63. The van der Waals surface area contributed by atoms with Crippen LogP contribution in [0.1, 0.15) is 11.1 Å². The molecule has 0 saturated heterocycles. The van der Waals surface area contributed by atoms with E-state index in [9.17, 15) is 13.2 Å². The third-order valence-corrected chi connectivity index (χ3v) is 2.32. The molecule has 0 amide bonds. The zero-order valence-electron chi connectivity index (χ0n) is 8.54. The van der Waals surface area contributed by atoms with Crippen LogP contribution >= 0.6 is 0 Å². The summed E-state index contributed by atoms with van der Waals surface area (Å²) in [6.45, 7) is -0.366. The molecule has 0 aromatic heterocycles. The Morgan fingerprint density at radius 1 is 1.00 bits per heavy atom. The molecule has 0 unspecified atom stereocenters. The van der Waals surface area contributed by atoms with Gasteiger partial charge in [-0.3, -0.25) is 0 Å². The summed E-state index contributed by atoms with van der Waals surface area (Å²) in [5, 5.41) is 17.7. The van der Waals surface area contributed by atoms with Crippen molar-refractivity contribution < 1.29 is 23.4 Å². The Kier molecular flexibility index (Phi) is 4.32. The average Bonchev–Trinajstić information content (AvgIpc) is 2.25. The molecular formula is C11H13F3O2. The van der Waals surface area contributed by atoms with Crippen molar-refractivity contribution in [3.8, 4) is 0 Å². The molecule has 2 N–H and O–H groups in total. The first-order valence-electron chi connectivity index (χ1n) is 4.85. The highest BCUT2D eigenvalue weighted by Gasteiger charge is 2.29. The standard InChI is InChI=1S/C11H13F3O2/c12-11(13,14)10-3-1-8(2-4-10)5-9(6-15)7-16/h1-4,9,15-16H,5-7H2. The summed E-state index contributed by atoms with van der Waals surface area (Å²) in [7, 11) is 0. The maximum atomic E-state index is 12.2. The molecule has 0 atom stereocenters. The lowest BCUT2D eigenvalue weighted by atomic mass is 10.00. The first-order chi connectivity index (χ1) is 7.47. The van der Waals surface area contributed by atoms with Gasteiger partial charge in [0.2, 0.25) is 0 Å². The largest absolute Gasteiger partial charge is 0.416 e. The number of aliphatic hydroxyl groups is 2. The summed E-state index contributed by atoms with van der Waals surface area (Å²) in [6, 6.07) is 4.73. The fraction of sp³-hybridized carbons (Fsp3) is 0.455. The Labute approximate surface area is 91.3 Å². The molecule has 90 valence electrons. The van der Waals surface area contributed by atoms with Crippen LogP contribution in [-0.4, -0.2) is 23.4 Å². The SMILES string of the molecule is OCC(CO)Cc1ccc(C(F)(F)F)cc1. The van der Waals surface area contributed by atoms with Gasteiger partial charge in [0.1, 0.15) is 0 Å². The van der Waals surface area contributed by atoms with Crippen LogP contribution in [0, 0.1) is 5.92 Å². The van der Waals surface area contributed by atoms with Crippen LogP contribution in [0.5, 0.6) is 0 Å². The monoisotopic (exact) mass is 234 g/mol. The van der Waals surface area contributed by atoms with E-state index in [1.54, 1.807) is 0 Å². The van der Waals surface area contributed by atoms with Gasteiger partial charge in [-0.2, -0.15) is 13.2 Å². The van der Waals surface area contributed by atoms with Crippen LogP contribution in [0.4, 0.5) is 13.2 Å². The van der Waals surface area contributed by atoms with Gasteiger partial charge in [0.15, 0.2) is 0 Å². The minimum Gasteiger partial charge on any atom is -0.396 e. The van der Waals surface area contributed by atoms with Crippen LogP contribution in [0.2, 0.25) is 0 Å². The lowest BCUT2D eigenvalue weighted by Gasteiger charge is -2.11. The van der Waals surface area contributed by atoms with Gasteiger partial charge in [-0.05, 0) is 24.1 Å². The van der Waals surface area contributed by atoms with Gasteiger partial charge < -0.3 is 10.2 Å². The van der Waals surface area contributed by atoms with E-state index in [-0.39, 0.29) is 19.1 Å². The van der Waals surface area contributed by atoms with E-state index < -0.39 is 11.7 Å². The molecule has 0 heterocycles. The van der Waals surface area contributed by atoms with E-state index in [4.69, 9.17) is 10.2 Å². The summed E-state index contributed by atoms with van der Waals surface area (Å²) in [5.41, 5.74) is -0.0260. The molecule has 0 aliphatic carbocycles. The summed E-state index contributed by atoms with van der Waals surface area (Å²) in [5.74, 6) is -0.322. The number of alkyl halides is 3. The van der Waals surface area contributed by atoms with Gasteiger partial charge in [-0.15, -0.1) is 0 Å². The van der Waals surface area contributed by atoms with E-state index in [0.29, 0.717) is 12.0 Å². The molecule has 0 radical (unpaired) electrons. The van der Waals surface area contributed by atoms with Crippen molar-refractivity contribution in [1.82, 2.24) is 0 Å². The van der Waals surface area contributed by atoms with E-state index in [0.717, 1.165) is 12.1 Å². The number of hydrogen-bond donors (Lipinski definition) is 2. The molecule has 1 rings (SSSR count). The molecule has 16 heavy (non-hydrogen) atoms. The van der Waals surface area contributed by atoms with E-state index in [1.165, 1.54) is 12.1 Å². The van der Waals surface area contributed by atoms with Crippen molar-refractivity contribution in [1.29, 1.82) is 0 Å². The Balaban J connectivity index is 2.72. The van der Waals surface area contributed by atoms with Crippen molar-refractivity contribution in [2.24, 2.45) is 5.92 Å². The van der Waals surface area contributed by atoms with Gasteiger partial charge in [0.25, 0.3) is 0 Å². The van der Waals surface area contributed by atoms with E-state index in [2.05, 4.69) is 0 Å². The van der Waals surface area contributed by atoms with Crippen molar-refractivity contribution >= 4 is 0 Å². The van der Waals surface area contributed by atoms with Crippen LogP contribution in [0.3, 0.4) is 0 Å². The molecule has 2 nitrogen and oxygen atoms in total. The molecular weight excluding hydrogens is 221 g/mol. The lowest BCUT2D eigenvalue weighted by molar-refractivity contribution is -0.137. The van der Waals surface area contributed by atoms with Gasteiger partial charge in [-0.25, -0.2) is 0 Å². The lowest BCUT2D eigenvalue weighted by Crippen LogP contribution is -2.14. The summed E-state index contributed by atoms with van der Waals surface area (Å²) >= 11 is 0. The highest BCUT2D eigenvalue weighted by molar-refractivity contribution is 5.24. The first-order valence-corrected chi connectivity index (χ1v) is 4.85. The fourth-order valence-electron chi connectivity index (χ4n) is 1.35. The van der Waals surface area contributed by atoms with Crippen molar-refractivity contribution in [3.05, 3.63) is 35.4 Å². The van der Waals surface area contributed by atoms with Crippen molar-refractivity contribution in [3.63, 3.8) is 0 Å². The predicted molar refractivity (Wildman–Crippen MR) is 52.8 cm³/mol. The van der Waals surface area contributed by atoms with Crippen LogP contribution < -0.4 is 0 Å². The minimum atomic E-state index is -4.33. The quantitative estimate of drug-likeness (QED) is 0.834. The second-order valence-electron chi connectivity index (χ2n) is 3.63. The van der Waals surface area contributed by atoms with Crippen molar-refractivity contribution in [2.45, 2.75) is 12.6 Å². The number of benzene rings is 1. The third-order valence-electron chi connectivity index (χ3n) is 2.32. The molecule has 0 saturated carbocycles. The maximum Gasteiger partial charge on any atom is 0.416 e. The molecule has 5 heteroatoms. The third kappa shape index (κ3) is 3.50. The van der Waals surface area contributed by atoms with Crippen LogP contribution in [-0.2, 0) is 12.6 Å². The Morgan fingerprint density at radius 2 is 1.50 bits per heavy atom. The highest BCUT2D eigenvalue weighted by Crippen LogP contribution is 2.29. The molecule has 0 fully saturated rings. The fourth-order valence-corrected chi connectivity index (χ4v) is 1.35. The molecule has 1 aromatic carbocycles. The van der Waals surface area contributed by atoms with E-state index in [1.807, 2.05) is 0 Å². The number of hydrogen-bond acceptors (Lipinski definition) is 2. The Hall–Kier alpha value is -1.07. The Bertz CT molecular complexity index is 315. The summed E-state index contributed by atoms with van der Waals surface area (Å²) in [6.07, 6.45) is -3.96. The highest BCUT2D eigenvalue weighted by atomic mass is 19.4. The van der Waals surface area contributed by atoms with Gasteiger partial charge in [0.05, 0.1) is 5.56 Å². The van der Waals surface area contributed by atoms with E-state index >= 15 is 0 Å². The summed E-state index contributed by atoms with van der Waals surface area (Å²) < 4.78 is 36.7. The number of rotatable bonds is 4. The zero-order valence-corrected chi connectivity index (χ0v) is 8.54. The number of aliphatic hydroxyl groups excluding tert-OH is 2. The zero-order chi connectivity index (χ0) is 12.2. The normalized spacial score (nSPS) is 12.1. The molecule has 1 aromatic rings. The molecule has 0 spiro atoms. The average molecular weight is 234 g/mol. The van der Waals surface area contributed by atoms with Gasteiger partial charge in [0, 0.05) is 19.1 Å². The number of halogens is 3. The minimum absolute atomic E-state index is 0.183. The van der Waals surface area contributed by atoms with Crippen LogP contribution in [0.15, 0.2) is 24.3 Å². The van der Waals surface area contributed by atoms with Gasteiger partial charge in [-0.1, -0.05) is 12.1 Å². The second kappa shape index (κ2) is 5.32. The molecule has 0 aliphatic rings. The molecule has 0 aliphatic heterocycles. The Morgan fingerprint density at radius 3 is 1.88 bits per heavy atom. The summed E-state index contributed by atoms with van der Waals surface area (Å²) in [4.78, 5) is 0. The van der Waals surface area contributed by atoms with Crippen molar-refractivity contribution in [2.75, 3.05) is 13.2 Å². The maximum absolute atomic E-state index is 12.2. The predicted octanol–water partition coefficient (Wildman–Crippen LogP) is 1.85. The van der Waals surface area contributed by atoms with Gasteiger partial charge >= 0.3 is 6.18 Å². The first kappa shape index (κ1) is 13.0.